The Morgan fingerprint density at radius 2 is 1.83 bits per heavy atom. The van der Waals surface area contributed by atoms with Crippen LogP contribution < -0.4 is 4.90 Å². The number of rotatable bonds is 2. The van der Waals surface area contributed by atoms with Gasteiger partial charge in [-0.2, -0.15) is 10.5 Å². The second-order valence-corrected chi connectivity index (χ2v) is 2.18. The second kappa shape index (κ2) is 4.00. The van der Waals surface area contributed by atoms with E-state index in [1.54, 1.807) is 12.1 Å². The minimum Gasteiger partial charge on any atom is -0.265 e. The predicted molar refractivity (Wildman–Crippen MR) is 45.0 cm³/mol. The molecule has 0 amide bonds. The SMILES string of the molecule is N#CCN(C#N)c1ccccc1. The van der Waals surface area contributed by atoms with Crippen molar-refractivity contribution in [1.29, 1.82) is 10.5 Å². The first-order chi connectivity index (χ1) is 5.88. The Kier molecular flexibility index (Phi) is 2.70. The molecular formula is C9H7N3. The van der Waals surface area contributed by atoms with Crippen molar-refractivity contribution in [2.45, 2.75) is 0 Å². The Morgan fingerprint density at radius 3 is 2.33 bits per heavy atom. The molecule has 1 aromatic carbocycles. The zero-order valence-corrected chi connectivity index (χ0v) is 6.44. The van der Waals surface area contributed by atoms with E-state index in [2.05, 4.69) is 0 Å². The smallest absolute Gasteiger partial charge is 0.185 e. The van der Waals surface area contributed by atoms with Crippen molar-refractivity contribution in [2.75, 3.05) is 11.4 Å². The quantitative estimate of drug-likeness (QED) is 0.371. The standard InChI is InChI=1S/C9H7N3/c10-6-7-12(8-11)9-4-2-1-3-5-9/h1-5H,7H2. The van der Waals surface area contributed by atoms with Crippen LogP contribution in [0.25, 0.3) is 0 Å². The zero-order chi connectivity index (χ0) is 8.81. The largest absolute Gasteiger partial charge is 0.265 e. The van der Waals surface area contributed by atoms with E-state index < -0.39 is 0 Å². The summed E-state index contributed by atoms with van der Waals surface area (Å²) >= 11 is 0. The summed E-state index contributed by atoms with van der Waals surface area (Å²) in [5.74, 6) is 0. The van der Waals surface area contributed by atoms with Crippen molar-refractivity contribution < 1.29 is 0 Å². The molecule has 0 aliphatic heterocycles. The molecule has 3 heteroatoms. The van der Waals surface area contributed by atoms with E-state index in [4.69, 9.17) is 10.5 Å². The van der Waals surface area contributed by atoms with Crippen LogP contribution >= 0.6 is 0 Å². The maximum absolute atomic E-state index is 8.64. The molecule has 0 spiro atoms. The van der Waals surface area contributed by atoms with Crippen molar-refractivity contribution in [3.05, 3.63) is 30.3 Å². The van der Waals surface area contributed by atoms with E-state index in [1.165, 1.54) is 4.90 Å². The van der Waals surface area contributed by atoms with Crippen LogP contribution in [0, 0.1) is 22.8 Å². The van der Waals surface area contributed by atoms with E-state index in [9.17, 15) is 0 Å². The molecule has 1 aromatic rings. The lowest BCUT2D eigenvalue weighted by Gasteiger charge is -2.09. The van der Waals surface area contributed by atoms with E-state index in [-0.39, 0.29) is 6.54 Å². The van der Waals surface area contributed by atoms with Gasteiger partial charge in [-0.25, -0.2) is 0 Å². The average Bonchev–Trinajstić information content (AvgIpc) is 2.15. The van der Waals surface area contributed by atoms with Crippen molar-refractivity contribution in [3.63, 3.8) is 0 Å². The Morgan fingerprint density at radius 1 is 1.17 bits per heavy atom. The van der Waals surface area contributed by atoms with Crippen molar-refractivity contribution >= 4 is 5.69 Å². The fourth-order valence-electron chi connectivity index (χ4n) is 0.863. The normalized spacial score (nSPS) is 8.17. The summed E-state index contributed by atoms with van der Waals surface area (Å²) < 4.78 is 0. The maximum atomic E-state index is 8.64. The summed E-state index contributed by atoms with van der Waals surface area (Å²) in [6.07, 6.45) is 1.93. The molecule has 0 radical (unpaired) electrons. The molecule has 0 saturated heterocycles. The van der Waals surface area contributed by atoms with Crippen LogP contribution in [-0.2, 0) is 0 Å². The summed E-state index contributed by atoms with van der Waals surface area (Å²) in [7, 11) is 0. The molecule has 0 atom stereocenters. The number of hydrogen-bond donors (Lipinski definition) is 0. The van der Waals surface area contributed by atoms with Crippen LogP contribution in [0.5, 0.6) is 0 Å². The third-order valence-electron chi connectivity index (χ3n) is 1.42. The summed E-state index contributed by atoms with van der Waals surface area (Å²) in [5, 5.41) is 17.0. The molecule has 3 nitrogen and oxygen atoms in total. The molecule has 0 aliphatic carbocycles. The van der Waals surface area contributed by atoms with Crippen LogP contribution in [0.1, 0.15) is 0 Å². The van der Waals surface area contributed by atoms with Crippen molar-refractivity contribution in [1.82, 2.24) is 0 Å². The van der Waals surface area contributed by atoms with Gasteiger partial charge in [0.05, 0.1) is 11.8 Å². The predicted octanol–water partition coefficient (Wildman–Crippen LogP) is 1.50. The topological polar surface area (TPSA) is 50.8 Å². The van der Waals surface area contributed by atoms with Gasteiger partial charge in [0, 0.05) is 0 Å². The van der Waals surface area contributed by atoms with Gasteiger partial charge in [-0.3, -0.25) is 4.90 Å². The zero-order valence-electron chi connectivity index (χ0n) is 6.44. The first-order valence-electron chi connectivity index (χ1n) is 3.47. The third-order valence-corrected chi connectivity index (χ3v) is 1.42. The van der Waals surface area contributed by atoms with Gasteiger partial charge in [-0.15, -0.1) is 0 Å². The van der Waals surface area contributed by atoms with Gasteiger partial charge in [-0.1, -0.05) is 18.2 Å². The van der Waals surface area contributed by atoms with Gasteiger partial charge in [-0.05, 0) is 12.1 Å². The van der Waals surface area contributed by atoms with E-state index >= 15 is 0 Å². The van der Waals surface area contributed by atoms with Gasteiger partial charge in [0.25, 0.3) is 0 Å². The Balaban J connectivity index is 2.84. The van der Waals surface area contributed by atoms with Gasteiger partial charge in [0.15, 0.2) is 6.19 Å². The number of nitrogens with zero attached hydrogens (tertiary/aromatic N) is 3. The molecule has 0 saturated carbocycles. The van der Waals surface area contributed by atoms with Crippen LogP contribution in [0.2, 0.25) is 0 Å². The van der Waals surface area contributed by atoms with Gasteiger partial charge in [0.1, 0.15) is 6.54 Å². The highest BCUT2D eigenvalue weighted by Gasteiger charge is 2.01. The molecule has 0 N–H and O–H groups in total. The molecule has 0 aliphatic rings. The highest BCUT2D eigenvalue weighted by Crippen LogP contribution is 2.10. The fourth-order valence-corrected chi connectivity index (χ4v) is 0.863. The Labute approximate surface area is 71.1 Å². The molecule has 0 heterocycles. The monoisotopic (exact) mass is 157 g/mol. The Bertz CT molecular complexity index is 318. The van der Waals surface area contributed by atoms with Gasteiger partial charge < -0.3 is 0 Å². The summed E-state index contributed by atoms with van der Waals surface area (Å²) in [4.78, 5) is 1.33. The maximum Gasteiger partial charge on any atom is 0.185 e. The average molecular weight is 157 g/mol. The second-order valence-electron chi connectivity index (χ2n) is 2.18. The van der Waals surface area contributed by atoms with Crippen LogP contribution in [0.4, 0.5) is 5.69 Å². The minimum absolute atomic E-state index is 0.0977. The lowest BCUT2D eigenvalue weighted by atomic mass is 10.3. The van der Waals surface area contributed by atoms with Gasteiger partial charge >= 0.3 is 0 Å². The molecule has 0 fully saturated rings. The lowest BCUT2D eigenvalue weighted by Crippen LogP contribution is -2.15. The molecule has 12 heavy (non-hydrogen) atoms. The van der Waals surface area contributed by atoms with Gasteiger partial charge in [0.2, 0.25) is 0 Å². The van der Waals surface area contributed by atoms with Crippen molar-refractivity contribution in [3.8, 4) is 12.3 Å². The molecule has 58 valence electrons. The lowest BCUT2D eigenvalue weighted by molar-refractivity contribution is 1.10. The van der Waals surface area contributed by atoms with Crippen LogP contribution in [-0.4, -0.2) is 6.54 Å². The summed E-state index contributed by atoms with van der Waals surface area (Å²) in [6.45, 7) is 0.0977. The van der Waals surface area contributed by atoms with Crippen molar-refractivity contribution in [2.24, 2.45) is 0 Å². The number of para-hydroxylation sites is 1. The highest BCUT2D eigenvalue weighted by atomic mass is 15.1. The molecule has 0 aromatic heterocycles. The first kappa shape index (κ1) is 8.10. The molecular weight excluding hydrogens is 150 g/mol. The number of benzene rings is 1. The van der Waals surface area contributed by atoms with E-state index in [1.807, 2.05) is 30.5 Å². The summed E-state index contributed by atoms with van der Waals surface area (Å²) in [5.41, 5.74) is 0.751. The van der Waals surface area contributed by atoms with Crippen LogP contribution in [0.3, 0.4) is 0 Å². The highest BCUT2D eigenvalue weighted by molar-refractivity contribution is 5.50. The molecule has 0 unspecified atom stereocenters. The first-order valence-corrected chi connectivity index (χ1v) is 3.47. The molecule has 0 bridgehead atoms. The fraction of sp³-hybridized carbons (Fsp3) is 0.111. The Hall–Kier alpha value is -2.00. The number of anilines is 1. The molecule has 1 rings (SSSR count). The van der Waals surface area contributed by atoms with E-state index in [0.717, 1.165) is 5.69 Å². The van der Waals surface area contributed by atoms with E-state index in [0.29, 0.717) is 0 Å². The minimum atomic E-state index is 0.0977. The summed E-state index contributed by atoms with van der Waals surface area (Å²) in [6, 6.07) is 11.0. The van der Waals surface area contributed by atoms with Crippen LogP contribution in [0.15, 0.2) is 30.3 Å². The third kappa shape index (κ3) is 1.74. The number of nitriles is 2. The number of hydrogen-bond acceptors (Lipinski definition) is 3.